The van der Waals surface area contributed by atoms with Crippen molar-refractivity contribution < 1.29 is 40.5 Å². The highest BCUT2D eigenvalue weighted by Gasteiger charge is 2.57. The van der Waals surface area contributed by atoms with Gasteiger partial charge in [0.1, 0.15) is 73.6 Å². The van der Waals surface area contributed by atoms with Crippen LogP contribution in [0.1, 0.15) is 64.4 Å². The predicted octanol–water partition coefficient (Wildman–Crippen LogP) is 16.0. The average molecular weight is 1760 g/mol. The Balaban J connectivity index is 0.0000000796. The molecule has 624 valence electrons. The van der Waals surface area contributed by atoms with Gasteiger partial charge in [-0.15, -0.1) is 0 Å². The Hall–Kier alpha value is -14.8. The molecule has 10 aliphatic rings. The van der Waals surface area contributed by atoms with Crippen LogP contribution in [-0.2, 0) is 45.6 Å². The van der Waals surface area contributed by atoms with Crippen LogP contribution in [0.4, 0.5) is 0 Å². The SMILES string of the molecule is CC(C)c1cc2c3c(c1)c1cccc4c1c1n3c(c[n+]1C4)CC2.C[Si]1(C)Oc2c[n+]3c4c5c(cccc5c5cccc1c5n24)C3.C[Si]1(C)Oc2cccc3c4cccc5c4c4n(c1c[n+]4C5)c23.c1ccc([Si]2(c3ccccc3)Oc3c[n+]4c5c6c(cccc6c6cccc2c6n35)C4)cc1.c1ccc([Si]2(c3ccccc3)Oc3cccc4c5cccc6c5c5n(c2c[n+]5C6)c34)cc1. The van der Waals surface area contributed by atoms with Gasteiger partial charge in [-0.3, -0.25) is 0 Å². The molecule has 0 saturated heterocycles. The van der Waals surface area contributed by atoms with E-state index in [9.17, 15) is 0 Å². The smallest absolute Gasteiger partial charge is 0.392 e. The molecule has 24 aromatic rings. The Morgan fingerprint density at radius 1 is 0.267 bits per heavy atom. The van der Waals surface area contributed by atoms with E-state index in [0.717, 1.165) is 62.4 Å². The molecule has 18 heteroatoms. The maximum absolute atomic E-state index is 7.24. The lowest BCUT2D eigenvalue weighted by atomic mass is 9.91. The summed E-state index contributed by atoms with van der Waals surface area (Å²) in [5.41, 5.74) is 24.8. The van der Waals surface area contributed by atoms with Crippen LogP contribution in [0.15, 0.2) is 328 Å². The third kappa shape index (κ3) is 9.40. The fourth-order valence-corrected chi connectivity index (χ4v) is 37.5. The number of aromatic nitrogens is 10. The number of benzene rings is 14. The first-order chi connectivity index (χ1) is 64.2. The van der Waals surface area contributed by atoms with Crippen LogP contribution in [0.25, 0.3) is 137 Å². The van der Waals surface area contributed by atoms with Crippen LogP contribution < -0.4 is 82.3 Å². The van der Waals surface area contributed by atoms with E-state index < -0.39 is 33.3 Å². The van der Waals surface area contributed by atoms with E-state index >= 15 is 0 Å². The standard InChI is InChI=1S/2C28H19N2OSi.C21H19N2.2C18H15N2OSi/c1-3-10-20(11-4-1)32(21-12-5-2-6-13-21)24-16-8-15-23-22-14-7-9-19-17-29-18-25(31-32)30(27(23)24)28(29)26(19)22;1-3-10-20(11-4-1)32(21-12-5-2-6-13-21)25-18-29-17-19-9-7-14-22-23-15-8-16-24(31-32)27(23)30(25)28(29)26(19)22;1-12(2)15-8-13-6-7-16-11-22-10-14-4-3-5-17-18(9-15)20(13)23(16)21(22)19(14)17;1-22(2)14-8-4-7-13-12-6-3-5-11-9-19-10-15(21-22)20(17(13)14)18(19)16(11)12;1-22(2)15-10-19-9-11-5-3-6-12-13-7-4-8-14(21-22)17(13)20(15)18(19)16(11)12/h2*1-16,18H,17H2;3-5,8-9,11-12H,6-7,10H2,1-2H3;2*3-8,10H,9H2,1-2H3/q5*+1. The van der Waals surface area contributed by atoms with Crippen LogP contribution in [-0.4, -0.2) is 55.3 Å². The van der Waals surface area contributed by atoms with Gasteiger partial charge in [-0.2, -0.15) is 22.0 Å². The monoisotopic (exact) mass is 1760 g/mol. The van der Waals surface area contributed by atoms with E-state index in [-0.39, 0.29) is 0 Å². The zero-order valence-corrected chi connectivity index (χ0v) is 77.3. The molecule has 0 radical (unpaired) electrons. The number of hydrogen-bond acceptors (Lipinski definition) is 4. The number of pyridine rings is 5. The van der Waals surface area contributed by atoms with E-state index in [2.05, 4.69) is 413 Å². The third-order valence-corrected chi connectivity index (χ3v) is 43.3. The minimum atomic E-state index is -2.76. The summed E-state index contributed by atoms with van der Waals surface area (Å²) in [7, 11) is -9.32. The summed E-state index contributed by atoms with van der Waals surface area (Å²) in [5, 5.41) is 31.0. The van der Waals surface area contributed by atoms with E-state index in [4.69, 9.17) is 17.7 Å². The first-order valence-corrected chi connectivity index (χ1v) is 56.0. The van der Waals surface area contributed by atoms with Crippen molar-refractivity contribution in [3.05, 3.63) is 373 Å². The van der Waals surface area contributed by atoms with E-state index in [1.165, 1.54) is 229 Å². The van der Waals surface area contributed by atoms with Gasteiger partial charge in [0.15, 0.2) is 45.6 Å². The number of rotatable bonds is 5. The van der Waals surface area contributed by atoms with Crippen LogP contribution in [0, 0.1) is 0 Å². The van der Waals surface area contributed by atoms with Gasteiger partial charge in [-0.1, -0.05) is 281 Å². The Morgan fingerprint density at radius 3 is 1.11 bits per heavy atom. The number of hydrogen-bond donors (Lipinski definition) is 0. The van der Waals surface area contributed by atoms with Gasteiger partial charge in [0, 0.05) is 104 Å². The Labute approximate surface area is 756 Å². The summed E-state index contributed by atoms with van der Waals surface area (Å²) < 4.78 is 51.7. The van der Waals surface area contributed by atoms with Gasteiger partial charge in [0.2, 0.25) is 0 Å². The van der Waals surface area contributed by atoms with Crippen LogP contribution in [0.2, 0.25) is 26.2 Å². The molecule has 0 saturated carbocycles. The highest BCUT2D eigenvalue weighted by molar-refractivity contribution is 7.09. The molecular weight excluding hydrogens is 1670 g/mol. The maximum Gasteiger partial charge on any atom is 0.392 e. The lowest BCUT2D eigenvalue weighted by Gasteiger charge is -2.34. The molecule has 10 aliphatic heterocycles. The van der Waals surface area contributed by atoms with E-state index in [1.54, 1.807) is 0 Å². The quantitative estimate of drug-likeness (QED) is 0.0977. The summed E-state index contributed by atoms with van der Waals surface area (Å²) >= 11 is 0. The summed E-state index contributed by atoms with van der Waals surface area (Å²) in [6, 6.07) is 108. The van der Waals surface area contributed by atoms with Crippen LogP contribution >= 0.6 is 0 Å². The van der Waals surface area contributed by atoms with Crippen molar-refractivity contribution in [2.75, 3.05) is 0 Å². The normalized spacial score (nSPS) is 15.9. The highest BCUT2D eigenvalue weighted by Crippen LogP contribution is 2.47. The molecule has 34 rings (SSSR count). The minimum Gasteiger partial charge on any atom is -0.533 e. The van der Waals surface area contributed by atoms with Crippen molar-refractivity contribution in [1.82, 2.24) is 22.0 Å². The summed E-state index contributed by atoms with van der Waals surface area (Å²) in [6.45, 7) is 18.5. The van der Waals surface area contributed by atoms with Crippen molar-refractivity contribution in [2.24, 2.45) is 0 Å². The third-order valence-electron chi connectivity index (χ3n) is 30.7. The fourth-order valence-electron chi connectivity index (χ4n) is 25.4. The van der Waals surface area contributed by atoms with Crippen LogP contribution in [0.5, 0.6) is 23.3 Å². The fraction of sp³-hybridized carbons (Fsp3) is 0.124. The van der Waals surface area contributed by atoms with Crippen LogP contribution in [0.3, 0.4) is 0 Å². The van der Waals surface area contributed by atoms with Gasteiger partial charge in [0.25, 0.3) is 36.6 Å². The predicted molar refractivity (Wildman–Crippen MR) is 532 cm³/mol. The Morgan fingerprint density at radius 2 is 0.634 bits per heavy atom. The topological polar surface area (TPSA) is 78.4 Å². The molecule has 0 N–H and O–H groups in total. The van der Waals surface area contributed by atoms with Crippen molar-refractivity contribution >= 4 is 212 Å². The maximum atomic E-state index is 7.24. The second kappa shape index (κ2) is 25.6. The van der Waals surface area contributed by atoms with Gasteiger partial charge in [-0.05, 0) is 95.2 Å². The molecule has 14 aromatic carbocycles. The van der Waals surface area contributed by atoms with Gasteiger partial charge in [0.05, 0.1) is 26.9 Å². The van der Waals surface area contributed by atoms with E-state index in [0.29, 0.717) is 5.92 Å². The molecule has 131 heavy (non-hydrogen) atoms. The lowest BCUT2D eigenvalue weighted by Crippen LogP contribution is -2.73. The van der Waals surface area contributed by atoms with Gasteiger partial charge < -0.3 is 17.7 Å². The van der Waals surface area contributed by atoms with Gasteiger partial charge >= 0.3 is 36.7 Å². The summed E-state index contributed by atoms with van der Waals surface area (Å²) in [6.07, 6.45) is 13.8. The molecule has 0 spiro atoms. The second-order valence-electron chi connectivity index (χ2n) is 38.9. The molecule has 0 atom stereocenters. The van der Waals surface area contributed by atoms with Gasteiger partial charge in [-0.25, -0.2) is 22.8 Å². The molecule has 0 amide bonds. The summed E-state index contributed by atoms with van der Waals surface area (Å²) in [5.74, 6) is 4.58. The largest absolute Gasteiger partial charge is 0.533 e. The van der Waals surface area contributed by atoms with Crippen molar-refractivity contribution in [3.8, 4) is 23.3 Å². The number of nitrogens with zero attached hydrogens (tertiary/aromatic N) is 10. The zero-order valence-electron chi connectivity index (χ0n) is 73.3. The van der Waals surface area contributed by atoms with Crippen molar-refractivity contribution in [1.29, 1.82) is 0 Å². The van der Waals surface area contributed by atoms with Crippen molar-refractivity contribution in [3.63, 3.8) is 0 Å². The Bertz CT molecular complexity index is 9330. The number of fused-ring (bicyclic) bond motifs is 5. The average Bonchev–Trinajstić information content (AvgIpc) is 1.53. The number of aryl methyl sites for hydroxylation is 2. The molecular formula is C113H87N10O4Si4+5. The van der Waals surface area contributed by atoms with Crippen molar-refractivity contribution in [2.45, 2.75) is 91.5 Å². The molecule has 20 heterocycles. The molecule has 0 unspecified atom stereocenters. The molecule has 0 fully saturated rings. The molecule has 0 aliphatic carbocycles. The molecule has 10 aromatic heterocycles. The first-order valence-electron chi connectivity index (χ1n) is 46.3. The number of para-hydroxylation sites is 4. The number of imidazole rings is 5. The first kappa shape index (κ1) is 73.1. The lowest BCUT2D eigenvalue weighted by molar-refractivity contribution is -0.657. The summed E-state index contributed by atoms with van der Waals surface area (Å²) in [4.78, 5) is 0. The zero-order chi connectivity index (χ0) is 86.3. The Kier molecular flexibility index (Phi) is 14.3. The molecule has 14 nitrogen and oxygen atoms in total. The highest BCUT2D eigenvalue weighted by atomic mass is 28.4. The minimum absolute atomic E-state index is 0.575. The van der Waals surface area contributed by atoms with E-state index in [1.807, 2.05) is 0 Å². The second-order valence-corrected chi connectivity index (χ2v) is 52.9. The molecule has 0 bridgehead atoms.